The molecule has 120 valence electrons. The first kappa shape index (κ1) is 15.0. The summed E-state index contributed by atoms with van der Waals surface area (Å²) in [6.07, 6.45) is 1.64. The Balaban J connectivity index is 1.69. The highest BCUT2D eigenvalue weighted by Crippen LogP contribution is 2.12. The van der Waals surface area contributed by atoms with E-state index in [1.165, 1.54) is 0 Å². The van der Waals surface area contributed by atoms with Gasteiger partial charge >= 0.3 is 0 Å². The van der Waals surface area contributed by atoms with Crippen LogP contribution in [0.5, 0.6) is 0 Å². The van der Waals surface area contributed by atoms with E-state index in [1.807, 2.05) is 84.9 Å². The minimum Gasteiger partial charge on any atom is -0.337 e. The van der Waals surface area contributed by atoms with E-state index in [4.69, 9.17) is 0 Å². The lowest BCUT2D eigenvalue weighted by Gasteiger charge is -2.04. The molecule has 25 heavy (non-hydrogen) atoms. The summed E-state index contributed by atoms with van der Waals surface area (Å²) in [5.74, 6) is 0.686. The molecule has 0 aliphatic carbocycles. The molecule has 0 atom stereocenters. The summed E-state index contributed by atoms with van der Waals surface area (Å²) in [4.78, 5) is 7.70. The summed E-state index contributed by atoms with van der Waals surface area (Å²) in [5.41, 5.74) is 4.78. The molecular formula is C21H16N4. The third kappa shape index (κ3) is 3.38. The van der Waals surface area contributed by atoms with Crippen LogP contribution >= 0.6 is 0 Å². The maximum Gasteiger partial charge on any atom is 0.151 e. The maximum atomic E-state index is 4.48. The van der Waals surface area contributed by atoms with Crippen LogP contribution in [-0.4, -0.2) is 21.9 Å². The quantitative estimate of drug-likeness (QED) is 0.438. The average molecular weight is 324 g/mol. The second-order valence-electron chi connectivity index (χ2n) is 5.56. The van der Waals surface area contributed by atoms with Crippen LogP contribution in [0.1, 0.15) is 17.0 Å². The number of nitrogens with one attached hydrogen (secondary N) is 1. The van der Waals surface area contributed by atoms with Crippen molar-refractivity contribution in [1.82, 2.24) is 9.97 Å². The number of benzene rings is 3. The lowest BCUT2D eigenvalue weighted by molar-refractivity contribution is 1.21. The van der Waals surface area contributed by atoms with Gasteiger partial charge in [-0.25, -0.2) is 4.98 Å². The zero-order valence-electron chi connectivity index (χ0n) is 13.5. The lowest BCUT2D eigenvalue weighted by Crippen LogP contribution is -2.02. The number of hydrogen-bond acceptors (Lipinski definition) is 3. The SMILES string of the molecule is C(=N\N=C(c1ccccc1)c1ccccc1)/c1nc2ccccc2[nH]1. The average Bonchev–Trinajstić information content (AvgIpc) is 3.09. The smallest absolute Gasteiger partial charge is 0.151 e. The van der Waals surface area contributed by atoms with Gasteiger partial charge in [0.05, 0.1) is 17.2 Å². The van der Waals surface area contributed by atoms with Gasteiger partial charge in [-0.15, -0.1) is 5.10 Å². The molecule has 4 heteroatoms. The van der Waals surface area contributed by atoms with E-state index in [1.54, 1.807) is 6.21 Å². The van der Waals surface area contributed by atoms with Gasteiger partial charge in [0.1, 0.15) is 5.71 Å². The highest BCUT2D eigenvalue weighted by Gasteiger charge is 2.06. The van der Waals surface area contributed by atoms with Gasteiger partial charge in [-0.3, -0.25) is 0 Å². The van der Waals surface area contributed by atoms with Crippen LogP contribution < -0.4 is 0 Å². The monoisotopic (exact) mass is 324 g/mol. The van der Waals surface area contributed by atoms with E-state index in [2.05, 4.69) is 20.2 Å². The standard InChI is InChI=1S/C21H16N4/c1-3-9-16(10-4-1)21(17-11-5-2-6-12-17)25-22-15-20-23-18-13-7-8-14-19(18)24-20/h1-15H,(H,23,24)/b22-15+. The summed E-state index contributed by atoms with van der Waals surface area (Å²) in [5, 5.41) is 8.71. The van der Waals surface area contributed by atoms with E-state index in [0.717, 1.165) is 27.9 Å². The van der Waals surface area contributed by atoms with Gasteiger partial charge in [-0.05, 0) is 12.1 Å². The van der Waals surface area contributed by atoms with Crippen molar-refractivity contribution < 1.29 is 0 Å². The van der Waals surface area contributed by atoms with Crippen LogP contribution in [0.25, 0.3) is 11.0 Å². The molecule has 0 unspecified atom stereocenters. The molecule has 0 saturated heterocycles. The van der Waals surface area contributed by atoms with Crippen molar-refractivity contribution in [1.29, 1.82) is 0 Å². The Morgan fingerprint density at radius 3 is 2.00 bits per heavy atom. The number of para-hydroxylation sites is 2. The molecule has 0 aliphatic heterocycles. The largest absolute Gasteiger partial charge is 0.337 e. The number of aromatic amines is 1. The van der Waals surface area contributed by atoms with Crippen molar-refractivity contribution in [2.24, 2.45) is 10.2 Å². The highest BCUT2D eigenvalue weighted by atomic mass is 15.2. The van der Waals surface area contributed by atoms with Crippen LogP contribution in [0.2, 0.25) is 0 Å². The number of nitrogens with zero attached hydrogens (tertiary/aromatic N) is 3. The van der Waals surface area contributed by atoms with E-state index in [0.29, 0.717) is 5.82 Å². The van der Waals surface area contributed by atoms with Crippen LogP contribution in [-0.2, 0) is 0 Å². The first-order chi connectivity index (χ1) is 12.4. The summed E-state index contributed by atoms with van der Waals surface area (Å²) >= 11 is 0. The molecule has 0 amide bonds. The fraction of sp³-hybridized carbons (Fsp3) is 0. The molecule has 0 bridgehead atoms. The van der Waals surface area contributed by atoms with Gasteiger partial charge in [-0.1, -0.05) is 72.8 Å². The summed E-state index contributed by atoms with van der Waals surface area (Å²) in [6, 6.07) is 28.0. The number of rotatable bonds is 4. The van der Waals surface area contributed by atoms with Crippen molar-refractivity contribution in [3.63, 3.8) is 0 Å². The summed E-state index contributed by atoms with van der Waals surface area (Å²) < 4.78 is 0. The number of aromatic nitrogens is 2. The number of fused-ring (bicyclic) bond motifs is 1. The Kier molecular flexibility index (Phi) is 4.16. The molecule has 0 spiro atoms. The third-order valence-corrected chi connectivity index (χ3v) is 3.84. The number of hydrogen-bond donors (Lipinski definition) is 1. The van der Waals surface area contributed by atoms with Crippen molar-refractivity contribution >= 4 is 23.0 Å². The zero-order valence-corrected chi connectivity index (χ0v) is 13.5. The first-order valence-corrected chi connectivity index (χ1v) is 8.07. The fourth-order valence-electron chi connectivity index (χ4n) is 2.65. The van der Waals surface area contributed by atoms with Crippen LogP contribution in [0.3, 0.4) is 0 Å². The van der Waals surface area contributed by atoms with Crippen LogP contribution in [0.15, 0.2) is 95.1 Å². The molecule has 0 fully saturated rings. The number of H-pyrrole nitrogens is 1. The predicted octanol–water partition coefficient (Wildman–Crippen LogP) is 4.43. The predicted molar refractivity (Wildman–Crippen MR) is 102 cm³/mol. The van der Waals surface area contributed by atoms with Gasteiger partial charge in [0.25, 0.3) is 0 Å². The first-order valence-electron chi connectivity index (χ1n) is 8.07. The molecule has 1 N–H and O–H groups in total. The molecule has 0 saturated carbocycles. The van der Waals surface area contributed by atoms with E-state index >= 15 is 0 Å². The third-order valence-electron chi connectivity index (χ3n) is 3.84. The van der Waals surface area contributed by atoms with E-state index in [-0.39, 0.29) is 0 Å². The second kappa shape index (κ2) is 6.93. The normalized spacial score (nSPS) is 11.0. The summed E-state index contributed by atoms with van der Waals surface area (Å²) in [7, 11) is 0. The van der Waals surface area contributed by atoms with E-state index < -0.39 is 0 Å². The molecule has 0 radical (unpaired) electrons. The molecule has 1 aromatic heterocycles. The van der Waals surface area contributed by atoms with Crippen LogP contribution in [0.4, 0.5) is 0 Å². The molecule has 3 aromatic carbocycles. The zero-order chi connectivity index (χ0) is 16.9. The Morgan fingerprint density at radius 1 is 0.760 bits per heavy atom. The molecule has 4 nitrogen and oxygen atoms in total. The fourth-order valence-corrected chi connectivity index (χ4v) is 2.65. The van der Waals surface area contributed by atoms with Crippen molar-refractivity contribution in [3.05, 3.63) is 102 Å². The summed E-state index contributed by atoms with van der Waals surface area (Å²) in [6.45, 7) is 0. The highest BCUT2D eigenvalue weighted by molar-refractivity contribution is 6.12. The molecule has 0 aliphatic rings. The van der Waals surface area contributed by atoms with Gasteiger partial charge in [0.2, 0.25) is 0 Å². The van der Waals surface area contributed by atoms with Crippen LogP contribution in [0, 0.1) is 0 Å². The maximum absolute atomic E-state index is 4.48. The number of imidazole rings is 1. The van der Waals surface area contributed by atoms with Crippen molar-refractivity contribution in [3.8, 4) is 0 Å². The minimum atomic E-state index is 0.686. The van der Waals surface area contributed by atoms with Gasteiger partial charge in [0, 0.05) is 11.1 Å². The Morgan fingerprint density at radius 2 is 1.36 bits per heavy atom. The molecular weight excluding hydrogens is 308 g/mol. The van der Waals surface area contributed by atoms with Gasteiger partial charge in [0.15, 0.2) is 5.82 Å². The minimum absolute atomic E-state index is 0.686. The van der Waals surface area contributed by atoms with Crippen molar-refractivity contribution in [2.45, 2.75) is 0 Å². The topological polar surface area (TPSA) is 53.4 Å². The second-order valence-corrected chi connectivity index (χ2v) is 5.56. The molecule has 1 heterocycles. The Bertz CT molecular complexity index is 957. The Labute approximate surface area is 145 Å². The van der Waals surface area contributed by atoms with Gasteiger partial charge in [-0.2, -0.15) is 5.10 Å². The van der Waals surface area contributed by atoms with E-state index in [9.17, 15) is 0 Å². The van der Waals surface area contributed by atoms with Crippen molar-refractivity contribution in [2.75, 3.05) is 0 Å². The molecule has 4 rings (SSSR count). The van der Waals surface area contributed by atoms with Gasteiger partial charge < -0.3 is 4.98 Å². The lowest BCUT2D eigenvalue weighted by atomic mass is 10.0. The molecule has 4 aromatic rings. The Hall–Kier alpha value is -3.53.